The van der Waals surface area contributed by atoms with Crippen LogP contribution in [0.5, 0.6) is 5.75 Å². The Balaban J connectivity index is 1.68. The first-order valence-corrected chi connectivity index (χ1v) is 9.51. The molecule has 0 aliphatic rings. The first-order chi connectivity index (χ1) is 14.5. The fraction of sp³-hybridized carbons (Fsp3) is 0.167. The Morgan fingerprint density at radius 3 is 2.60 bits per heavy atom. The van der Waals surface area contributed by atoms with E-state index < -0.39 is 0 Å². The topological polar surface area (TPSA) is 71.8 Å². The highest BCUT2D eigenvalue weighted by Crippen LogP contribution is 2.20. The molecule has 2 aromatic carbocycles. The molecule has 0 atom stereocenters. The molecule has 0 aliphatic carbocycles. The van der Waals surface area contributed by atoms with Gasteiger partial charge in [0, 0.05) is 24.8 Å². The molecule has 0 radical (unpaired) electrons. The van der Waals surface area contributed by atoms with Gasteiger partial charge in [-0.05, 0) is 54.4 Å². The van der Waals surface area contributed by atoms with Gasteiger partial charge in [0.05, 0.1) is 6.26 Å². The van der Waals surface area contributed by atoms with Crippen molar-refractivity contribution in [3.8, 4) is 5.75 Å². The van der Waals surface area contributed by atoms with Crippen molar-refractivity contribution in [1.29, 1.82) is 0 Å². The number of rotatable bonds is 8. The summed E-state index contributed by atoms with van der Waals surface area (Å²) in [6.07, 6.45) is 3.13. The summed E-state index contributed by atoms with van der Waals surface area (Å²) in [4.78, 5) is 26.8. The van der Waals surface area contributed by atoms with Crippen LogP contribution in [0.3, 0.4) is 0 Å². The predicted octanol–water partition coefficient (Wildman–Crippen LogP) is 4.68. The second kappa shape index (κ2) is 9.60. The number of benzene rings is 2. The summed E-state index contributed by atoms with van der Waals surface area (Å²) in [7, 11) is 1.74. The molecule has 6 nitrogen and oxygen atoms in total. The molecule has 0 bridgehead atoms. The van der Waals surface area contributed by atoms with Crippen LogP contribution >= 0.6 is 0 Å². The van der Waals surface area contributed by atoms with E-state index in [4.69, 9.17) is 9.15 Å². The minimum atomic E-state index is -0.361. The number of nitrogens with zero attached hydrogens (tertiary/aromatic N) is 1. The molecule has 30 heavy (non-hydrogen) atoms. The summed E-state index contributed by atoms with van der Waals surface area (Å²) >= 11 is 0. The largest absolute Gasteiger partial charge is 0.490 e. The highest BCUT2D eigenvalue weighted by atomic mass is 16.5. The quantitative estimate of drug-likeness (QED) is 0.554. The van der Waals surface area contributed by atoms with E-state index in [0.29, 0.717) is 24.4 Å². The van der Waals surface area contributed by atoms with E-state index in [-0.39, 0.29) is 17.6 Å². The van der Waals surface area contributed by atoms with Crippen molar-refractivity contribution >= 4 is 17.5 Å². The monoisotopic (exact) mass is 404 g/mol. The van der Waals surface area contributed by atoms with Crippen LogP contribution in [0, 0.1) is 6.92 Å². The molecular weight excluding hydrogens is 380 g/mol. The molecule has 3 aromatic rings. The molecule has 0 saturated carbocycles. The molecule has 0 saturated heterocycles. The maximum absolute atomic E-state index is 12.9. The summed E-state index contributed by atoms with van der Waals surface area (Å²) < 4.78 is 10.6. The normalized spacial score (nSPS) is 10.3. The molecule has 0 fully saturated rings. The van der Waals surface area contributed by atoms with Crippen molar-refractivity contribution in [3.05, 3.63) is 96.0 Å². The molecule has 1 N–H and O–H groups in total. The molecular formula is C24H24N2O4. The van der Waals surface area contributed by atoms with Crippen molar-refractivity contribution in [1.82, 2.24) is 4.90 Å². The van der Waals surface area contributed by atoms with Gasteiger partial charge in [0.25, 0.3) is 11.8 Å². The number of aryl methyl sites for hydroxylation is 1. The molecule has 6 heteroatoms. The van der Waals surface area contributed by atoms with E-state index in [1.807, 2.05) is 37.3 Å². The average molecular weight is 404 g/mol. The lowest BCUT2D eigenvalue weighted by Gasteiger charge is -2.18. The van der Waals surface area contributed by atoms with E-state index >= 15 is 0 Å². The minimum absolute atomic E-state index is 0.143. The molecule has 0 unspecified atom stereocenters. The molecule has 3 rings (SSSR count). The summed E-state index contributed by atoms with van der Waals surface area (Å²) in [5.74, 6) is 0.460. The first-order valence-electron chi connectivity index (χ1n) is 9.51. The van der Waals surface area contributed by atoms with Gasteiger partial charge in [-0.3, -0.25) is 9.59 Å². The van der Waals surface area contributed by atoms with Crippen LogP contribution in [-0.2, 0) is 6.54 Å². The van der Waals surface area contributed by atoms with Gasteiger partial charge in [-0.2, -0.15) is 0 Å². The van der Waals surface area contributed by atoms with Crippen LogP contribution in [0.25, 0.3) is 0 Å². The molecule has 2 amide bonds. The van der Waals surface area contributed by atoms with E-state index in [2.05, 4.69) is 11.9 Å². The van der Waals surface area contributed by atoms with E-state index in [9.17, 15) is 9.59 Å². The third-order valence-electron chi connectivity index (χ3n) is 4.54. The van der Waals surface area contributed by atoms with Crippen LogP contribution in [0.15, 0.2) is 77.9 Å². The highest BCUT2D eigenvalue weighted by molar-refractivity contribution is 6.03. The zero-order valence-electron chi connectivity index (χ0n) is 17.1. The number of hydrogen-bond donors (Lipinski definition) is 1. The van der Waals surface area contributed by atoms with Crippen molar-refractivity contribution in [2.75, 3.05) is 19.0 Å². The Morgan fingerprint density at radius 1 is 1.17 bits per heavy atom. The van der Waals surface area contributed by atoms with Crippen molar-refractivity contribution in [2.24, 2.45) is 0 Å². The highest BCUT2D eigenvalue weighted by Gasteiger charge is 2.16. The van der Waals surface area contributed by atoms with Crippen LogP contribution < -0.4 is 10.1 Å². The molecule has 154 valence electrons. The van der Waals surface area contributed by atoms with Crippen LogP contribution in [0.2, 0.25) is 0 Å². The SMILES string of the molecule is C=CCOc1ccc(CN(C)C(=O)c2ccc(C)c(NC(=O)c3ccco3)c2)cc1. The van der Waals surface area contributed by atoms with E-state index in [1.54, 1.807) is 42.3 Å². The number of carbonyl (C=O) groups excluding carboxylic acids is 2. The number of furan rings is 1. The standard InChI is InChI=1S/C24H24N2O4/c1-4-13-29-20-11-8-18(9-12-20)16-26(3)24(28)19-10-7-17(2)21(15-19)25-23(27)22-6-5-14-30-22/h4-12,14-15H,1,13,16H2,2-3H3,(H,25,27). The lowest BCUT2D eigenvalue weighted by atomic mass is 10.1. The van der Waals surface area contributed by atoms with Crippen molar-refractivity contribution in [3.63, 3.8) is 0 Å². The van der Waals surface area contributed by atoms with Gasteiger partial charge in [0.2, 0.25) is 0 Å². The number of ether oxygens (including phenoxy) is 1. The van der Waals surface area contributed by atoms with Crippen LogP contribution in [0.1, 0.15) is 32.0 Å². The van der Waals surface area contributed by atoms with Gasteiger partial charge < -0.3 is 19.4 Å². The molecule has 0 aliphatic heterocycles. The Hall–Kier alpha value is -3.80. The first kappa shape index (κ1) is 20.9. The Labute approximate surface area is 175 Å². The number of nitrogens with one attached hydrogen (secondary N) is 1. The lowest BCUT2D eigenvalue weighted by Crippen LogP contribution is -2.26. The number of amides is 2. The number of hydrogen-bond acceptors (Lipinski definition) is 4. The molecule has 1 aromatic heterocycles. The molecule has 1 heterocycles. The van der Waals surface area contributed by atoms with Gasteiger partial charge in [-0.15, -0.1) is 0 Å². The Bertz CT molecular complexity index is 1020. The van der Waals surface area contributed by atoms with Gasteiger partial charge in [-0.1, -0.05) is 30.9 Å². The Morgan fingerprint density at radius 2 is 1.93 bits per heavy atom. The van der Waals surface area contributed by atoms with Crippen LogP contribution in [-0.4, -0.2) is 30.4 Å². The maximum atomic E-state index is 12.9. The molecule has 0 spiro atoms. The third kappa shape index (κ3) is 5.17. The third-order valence-corrected chi connectivity index (χ3v) is 4.54. The smallest absolute Gasteiger partial charge is 0.291 e. The second-order valence-corrected chi connectivity index (χ2v) is 6.87. The van der Waals surface area contributed by atoms with Crippen LogP contribution in [0.4, 0.5) is 5.69 Å². The van der Waals surface area contributed by atoms with Crippen molar-refractivity contribution < 1.29 is 18.7 Å². The second-order valence-electron chi connectivity index (χ2n) is 6.87. The fourth-order valence-corrected chi connectivity index (χ4v) is 2.89. The number of anilines is 1. The summed E-state index contributed by atoms with van der Waals surface area (Å²) in [5.41, 5.74) is 2.89. The maximum Gasteiger partial charge on any atom is 0.291 e. The van der Waals surface area contributed by atoms with Crippen molar-refractivity contribution in [2.45, 2.75) is 13.5 Å². The Kier molecular flexibility index (Phi) is 6.70. The van der Waals surface area contributed by atoms with Gasteiger partial charge >= 0.3 is 0 Å². The summed E-state index contributed by atoms with van der Waals surface area (Å²) in [6, 6.07) is 16.1. The average Bonchev–Trinajstić information content (AvgIpc) is 3.29. The minimum Gasteiger partial charge on any atom is -0.490 e. The zero-order valence-corrected chi connectivity index (χ0v) is 17.1. The fourth-order valence-electron chi connectivity index (χ4n) is 2.89. The summed E-state index contributed by atoms with van der Waals surface area (Å²) in [6.45, 7) is 6.39. The van der Waals surface area contributed by atoms with Gasteiger partial charge in [0.15, 0.2) is 5.76 Å². The van der Waals surface area contributed by atoms with E-state index in [1.165, 1.54) is 6.26 Å². The lowest BCUT2D eigenvalue weighted by molar-refractivity contribution is 0.0784. The predicted molar refractivity (Wildman–Crippen MR) is 116 cm³/mol. The summed E-state index contributed by atoms with van der Waals surface area (Å²) in [5, 5.41) is 2.80. The van der Waals surface area contributed by atoms with Gasteiger partial charge in [-0.25, -0.2) is 0 Å². The zero-order chi connectivity index (χ0) is 21.5. The van der Waals surface area contributed by atoms with E-state index in [0.717, 1.165) is 16.9 Å². The van der Waals surface area contributed by atoms with Gasteiger partial charge in [0.1, 0.15) is 12.4 Å². The number of carbonyl (C=O) groups is 2.